The van der Waals surface area contributed by atoms with E-state index in [0.717, 1.165) is 8.95 Å². The third-order valence-corrected chi connectivity index (χ3v) is 6.25. The second-order valence-corrected chi connectivity index (χ2v) is 9.81. The van der Waals surface area contributed by atoms with Gasteiger partial charge in [0.05, 0.1) is 29.6 Å². The van der Waals surface area contributed by atoms with Gasteiger partial charge in [-0.25, -0.2) is 9.97 Å². The Morgan fingerprint density at radius 3 is 2.24 bits per heavy atom. The van der Waals surface area contributed by atoms with E-state index in [1.165, 1.54) is 6.20 Å². The van der Waals surface area contributed by atoms with Gasteiger partial charge in [-0.15, -0.1) is 0 Å². The lowest BCUT2D eigenvalue weighted by Crippen LogP contribution is -2.36. The predicted octanol–water partition coefficient (Wildman–Crippen LogP) is 1.84. The molecular formula is C22H24Br2N10O3. The van der Waals surface area contributed by atoms with Crippen LogP contribution in [0, 0.1) is 0 Å². The van der Waals surface area contributed by atoms with Crippen molar-refractivity contribution in [2.45, 2.75) is 12.0 Å². The Balaban J connectivity index is 1.50. The van der Waals surface area contributed by atoms with Crippen LogP contribution < -0.4 is 22.1 Å². The molecule has 194 valence electrons. The number of rotatable bonds is 10. The van der Waals surface area contributed by atoms with Crippen molar-refractivity contribution in [3.05, 3.63) is 74.2 Å². The number of nitrogen functional groups attached to an aromatic ring is 2. The molecule has 11 N–H and O–H groups in total. The normalized spacial score (nSPS) is 13.1. The maximum Gasteiger partial charge on any atom is 0.267 e. The number of carbonyl (C=O) groups excluding carboxylic acids is 2. The molecule has 0 aliphatic carbocycles. The number of aromatic amines is 4. The monoisotopic (exact) mass is 634 g/mol. The Kier molecular flexibility index (Phi) is 8.15. The van der Waals surface area contributed by atoms with Crippen LogP contribution in [0.5, 0.6) is 0 Å². The molecule has 15 heteroatoms. The first-order valence-corrected chi connectivity index (χ1v) is 12.5. The van der Waals surface area contributed by atoms with E-state index in [4.69, 9.17) is 11.5 Å². The molecule has 0 spiro atoms. The minimum absolute atomic E-state index is 0.0943. The summed E-state index contributed by atoms with van der Waals surface area (Å²) in [5, 5.41) is 16.6. The highest BCUT2D eigenvalue weighted by Gasteiger charge is 2.30. The van der Waals surface area contributed by atoms with Crippen molar-refractivity contribution < 1.29 is 14.7 Å². The van der Waals surface area contributed by atoms with Crippen LogP contribution in [0.1, 0.15) is 44.0 Å². The van der Waals surface area contributed by atoms with Crippen molar-refractivity contribution >= 4 is 61.6 Å². The summed E-state index contributed by atoms with van der Waals surface area (Å²) in [6.07, 6.45) is 7.04. The van der Waals surface area contributed by atoms with Gasteiger partial charge in [-0.3, -0.25) is 9.59 Å². The number of H-pyrrole nitrogens is 4. The van der Waals surface area contributed by atoms with Crippen LogP contribution in [0.4, 0.5) is 11.9 Å². The van der Waals surface area contributed by atoms with Gasteiger partial charge in [-0.05, 0) is 50.1 Å². The van der Waals surface area contributed by atoms with E-state index in [9.17, 15) is 14.7 Å². The van der Waals surface area contributed by atoms with Gasteiger partial charge in [0.1, 0.15) is 11.4 Å². The van der Waals surface area contributed by atoms with Gasteiger partial charge in [0.25, 0.3) is 11.8 Å². The zero-order chi connectivity index (χ0) is 26.5. The molecule has 0 bridgehead atoms. The molecule has 4 rings (SSSR count). The van der Waals surface area contributed by atoms with Crippen LogP contribution in [-0.2, 0) is 0 Å². The van der Waals surface area contributed by atoms with Crippen molar-refractivity contribution in [1.82, 2.24) is 40.5 Å². The van der Waals surface area contributed by atoms with Crippen LogP contribution in [0.25, 0.3) is 6.08 Å². The summed E-state index contributed by atoms with van der Waals surface area (Å²) in [5.74, 6) is -1.11. The number of nitrogens with two attached hydrogens (primary N) is 2. The number of nitrogens with one attached hydrogen (secondary N) is 6. The third-order valence-electron chi connectivity index (χ3n) is 5.34. The lowest BCUT2D eigenvalue weighted by atomic mass is 9.93. The van der Waals surface area contributed by atoms with Crippen LogP contribution in [0.2, 0.25) is 0 Å². The maximum absolute atomic E-state index is 12.5. The van der Waals surface area contributed by atoms with Crippen LogP contribution >= 0.6 is 31.9 Å². The van der Waals surface area contributed by atoms with Crippen molar-refractivity contribution in [1.29, 1.82) is 0 Å². The van der Waals surface area contributed by atoms with Gasteiger partial charge in [-0.2, -0.15) is 0 Å². The molecule has 0 aromatic carbocycles. The third kappa shape index (κ3) is 6.49. The molecule has 37 heavy (non-hydrogen) atoms. The fourth-order valence-electron chi connectivity index (χ4n) is 3.67. The Bertz CT molecular complexity index is 1420. The minimum Gasteiger partial charge on any atom is -0.390 e. The van der Waals surface area contributed by atoms with Crippen molar-refractivity contribution in [2.24, 2.45) is 0 Å². The summed E-state index contributed by atoms with van der Waals surface area (Å²) in [7, 11) is 0. The minimum atomic E-state index is -1.11. The molecular weight excluding hydrogens is 612 g/mol. The summed E-state index contributed by atoms with van der Waals surface area (Å²) < 4.78 is 1.50. The van der Waals surface area contributed by atoms with E-state index in [0.29, 0.717) is 28.5 Å². The Hall–Kier alpha value is -3.82. The Labute approximate surface area is 227 Å². The molecule has 0 fully saturated rings. The highest BCUT2D eigenvalue weighted by molar-refractivity contribution is 9.10. The number of aliphatic hydroxyl groups is 1. The van der Waals surface area contributed by atoms with Gasteiger partial charge >= 0.3 is 0 Å². The fraction of sp³-hybridized carbons (Fsp3) is 0.182. The molecule has 0 saturated heterocycles. The second kappa shape index (κ2) is 11.5. The second-order valence-electron chi connectivity index (χ2n) is 7.98. The quantitative estimate of drug-likeness (QED) is 0.126. The number of amides is 2. The summed E-state index contributed by atoms with van der Waals surface area (Å²) in [6.45, 7) is 0.122. The number of aliphatic hydroxyl groups excluding tert-OH is 1. The molecule has 2 amide bonds. The highest BCUT2D eigenvalue weighted by Crippen LogP contribution is 2.30. The molecule has 2 atom stereocenters. The van der Waals surface area contributed by atoms with Crippen LogP contribution in [0.15, 0.2) is 45.7 Å². The van der Waals surface area contributed by atoms with Crippen molar-refractivity contribution in [3.63, 3.8) is 0 Å². The number of nitrogens with zero attached hydrogens (tertiary/aromatic N) is 2. The van der Waals surface area contributed by atoms with Crippen molar-refractivity contribution in [2.75, 3.05) is 24.6 Å². The Morgan fingerprint density at radius 2 is 1.68 bits per heavy atom. The number of hydrogen-bond donors (Lipinski definition) is 9. The average molecular weight is 636 g/mol. The van der Waals surface area contributed by atoms with E-state index in [2.05, 4.69) is 72.4 Å². The van der Waals surface area contributed by atoms with Crippen LogP contribution in [0.3, 0.4) is 0 Å². The summed E-state index contributed by atoms with van der Waals surface area (Å²) in [6, 6.07) is 3.29. The van der Waals surface area contributed by atoms with Gasteiger partial charge in [0.15, 0.2) is 11.9 Å². The Morgan fingerprint density at radius 1 is 1.03 bits per heavy atom. The lowest BCUT2D eigenvalue weighted by Gasteiger charge is -2.22. The molecule has 0 saturated carbocycles. The highest BCUT2D eigenvalue weighted by atomic mass is 79.9. The van der Waals surface area contributed by atoms with Gasteiger partial charge in [-0.1, -0.05) is 6.08 Å². The molecule has 4 aromatic heterocycles. The summed E-state index contributed by atoms with van der Waals surface area (Å²) in [4.78, 5) is 44.6. The SMILES string of the molecule is Nc1ncc([C@H](c2[nH]c(N)nc2/C=C/CNC(=O)c2cc(Br)c[nH]2)[C@@H](O)CNC(=O)c2cc(Br)c[nH]2)[nH]1. The molecule has 0 aliphatic heterocycles. The number of anilines is 2. The molecule has 0 radical (unpaired) electrons. The smallest absolute Gasteiger partial charge is 0.267 e. The van der Waals surface area contributed by atoms with Crippen molar-refractivity contribution in [3.8, 4) is 0 Å². The first-order chi connectivity index (χ1) is 17.7. The lowest BCUT2D eigenvalue weighted by molar-refractivity contribution is 0.0898. The van der Waals surface area contributed by atoms with Gasteiger partial charge in [0, 0.05) is 40.1 Å². The molecule has 0 unspecified atom stereocenters. The zero-order valence-electron chi connectivity index (χ0n) is 19.2. The van der Waals surface area contributed by atoms with E-state index in [1.807, 2.05) is 0 Å². The summed E-state index contributed by atoms with van der Waals surface area (Å²) in [5.41, 5.74) is 13.9. The van der Waals surface area contributed by atoms with Gasteiger partial charge < -0.3 is 47.1 Å². The number of aromatic nitrogens is 6. The van der Waals surface area contributed by atoms with E-state index in [1.54, 1.807) is 36.7 Å². The van der Waals surface area contributed by atoms with Crippen LogP contribution in [-0.4, -0.2) is 66.0 Å². The predicted molar refractivity (Wildman–Crippen MR) is 145 cm³/mol. The number of imidazole rings is 2. The topological polar surface area (TPSA) is 219 Å². The fourth-order valence-corrected chi connectivity index (χ4v) is 4.36. The first-order valence-electron chi connectivity index (χ1n) is 11.0. The average Bonchev–Trinajstić information content (AvgIpc) is 3.65. The van der Waals surface area contributed by atoms with E-state index >= 15 is 0 Å². The number of halogens is 2. The molecule has 4 aromatic rings. The first kappa shape index (κ1) is 26.2. The molecule has 4 heterocycles. The van der Waals surface area contributed by atoms with E-state index < -0.39 is 12.0 Å². The number of carbonyl (C=O) groups is 2. The zero-order valence-corrected chi connectivity index (χ0v) is 22.4. The summed E-state index contributed by atoms with van der Waals surface area (Å²) >= 11 is 6.57. The number of hydrogen-bond acceptors (Lipinski definition) is 7. The molecule has 0 aliphatic rings. The standard InChI is InChI=1S/C22H24Br2N10O3/c23-10-4-13(28-6-10)19(36)27-3-1-2-12-18(34-22(26)32-12)17(15-8-31-21(25)33-15)16(35)9-30-20(37)14-5-11(24)7-29-14/h1-2,4-8,16-17,28-29,35H,3,9H2,(H,27,36)(H,30,37)(H3,25,31,33)(H3,26,32,34)/b2-1+/t16-,17-/m0/s1. The maximum atomic E-state index is 12.5. The molecule has 13 nitrogen and oxygen atoms in total. The van der Waals surface area contributed by atoms with E-state index in [-0.39, 0.29) is 36.8 Å². The van der Waals surface area contributed by atoms with Gasteiger partial charge in [0.2, 0.25) is 0 Å². The largest absolute Gasteiger partial charge is 0.390 e.